The first-order valence-electron chi connectivity index (χ1n) is 12.5. The number of aliphatic hydroxyl groups excluding tert-OH is 1. The first-order valence-corrected chi connectivity index (χ1v) is 12.5. The van der Waals surface area contributed by atoms with Crippen LogP contribution >= 0.6 is 0 Å². The van der Waals surface area contributed by atoms with Gasteiger partial charge in [-0.1, -0.05) is 78.3 Å². The molecule has 11 nitrogen and oxygen atoms in total. The Morgan fingerprint density at radius 2 is 1.92 bits per heavy atom. The van der Waals surface area contributed by atoms with Crippen molar-refractivity contribution in [3.05, 3.63) is 65.7 Å². The standard InChI is InChI=1S/C27H29N5O6/c1-2-6-20-23(30-37-24(20)18-7-4-3-5-8-18)26-29-25(31-38-26)19-11-9-17(10-12-19)21(33)15-32-14-13-28-22(16-32)36-27(34)35/h3-5,7-12,21-22,28,33H,2,6,13-16H2,1H3,(H,34,35). The molecule has 2 aromatic carbocycles. The molecule has 2 atom stereocenters. The Bertz CT molecular complexity index is 1350. The summed E-state index contributed by atoms with van der Waals surface area (Å²) in [7, 11) is 0. The fourth-order valence-corrected chi connectivity index (χ4v) is 4.56. The van der Waals surface area contributed by atoms with E-state index in [9.17, 15) is 9.90 Å². The Kier molecular flexibility index (Phi) is 7.78. The number of ether oxygens (including phenoxy) is 1. The Balaban J connectivity index is 1.28. The van der Waals surface area contributed by atoms with Gasteiger partial charge in [0.2, 0.25) is 5.82 Å². The Morgan fingerprint density at radius 1 is 1.13 bits per heavy atom. The summed E-state index contributed by atoms with van der Waals surface area (Å²) in [4.78, 5) is 17.3. The third-order valence-electron chi connectivity index (χ3n) is 6.40. The van der Waals surface area contributed by atoms with E-state index >= 15 is 0 Å². The molecule has 0 bridgehead atoms. The topological polar surface area (TPSA) is 147 Å². The van der Waals surface area contributed by atoms with Crippen molar-refractivity contribution >= 4 is 6.16 Å². The first kappa shape index (κ1) is 25.6. The van der Waals surface area contributed by atoms with E-state index in [-0.39, 0.29) is 5.89 Å². The molecule has 3 heterocycles. The normalized spacial score (nSPS) is 16.8. The molecule has 0 saturated carbocycles. The second kappa shape index (κ2) is 11.5. The minimum Gasteiger partial charge on any atom is -0.450 e. The molecule has 2 aromatic heterocycles. The van der Waals surface area contributed by atoms with E-state index in [2.05, 4.69) is 27.5 Å². The largest absolute Gasteiger partial charge is 0.507 e. The predicted octanol–water partition coefficient (Wildman–Crippen LogP) is 3.97. The van der Waals surface area contributed by atoms with Gasteiger partial charge < -0.3 is 24.0 Å². The molecule has 198 valence electrons. The molecular weight excluding hydrogens is 490 g/mol. The van der Waals surface area contributed by atoms with Crippen molar-refractivity contribution in [1.29, 1.82) is 0 Å². The zero-order valence-electron chi connectivity index (χ0n) is 20.9. The number of nitrogens with one attached hydrogen (secondary N) is 1. The van der Waals surface area contributed by atoms with Gasteiger partial charge in [-0.15, -0.1) is 0 Å². The van der Waals surface area contributed by atoms with E-state index in [1.807, 2.05) is 59.5 Å². The van der Waals surface area contributed by atoms with E-state index in [0.29, 0.717) is 43.5 Å². The van der Waals surface area contributed by atoms with E-state index in [1.54, 1.807) is 0 Å². The number of aromatic nitrogens is 3. The number of hydrogen-bond acceptors (Lipinski definition) is 10. The van der Waals surface area contributed by atoms with Crippen molar-refractivity contribution in [3.8, 4) is 34.3 Å². The molecule has 1 aliphatic rings. The predicted molar refractivity (Wildman–Crippen MR) is 137 cm³/mol. The third-order valence-corrected chi connectivity index (χ3v) is 6.40. The monoisotopic (exact) mass is 519 g/mol. The van der Waals surface area contributed by atoms with Crippen LogP contribution in [0.4, 0.5) is 4.79 Å². The first-order chi connectivity index (χ1) is 18.5. The van der Waals surface area contributed by atoms with Crippen molar-refractivity contribution in [2.75, 3.05) is 26.2 Å². The van der Waals surface area contributed by atoms with Crippen LogP contribution in [0.3, 0.4) is 0 Å². The second-order valence-electron chi connectivity index (χ2n) is 9.10. The van der Waals surface area contributed by atoms with Gasteiger partial charge in [0.1, 0.15) is 0 Å². The molecule has 4 aromatic rings. The Labute approximate surface area is 219 Å². The number of carbonyl (C=O) groups is 1. The molecule has 1 aliphatic heterocycles. The van der Waals surface area contributed by atoms with Gasteiger partial charge in [-0.3, -0.25) is 10.2 Å². The Morgan fingerprint density at radius 3 is 2.66 bits per heavy atom. The van der Waals surface area contributed by atoms with Gasteiger partial charge in [0.25, 0.3) is 5.89 Å². The fourth-order valence-electron chi connectivity index (χ4n) is 4.56. The van der Waals surface area contributed by atoms with Crippen LogP contribution in [0.15, 0.2) is 63.6 Å². The highest BCUT2D eigenvalue weighted by Gasteiger charge is 2.25. The van der Waals surface area contributed by atoms with Gasteiger partial charge in [0.15, 0.2) is 17.7 Å². The van der Waals surface area contributed by atoms with Crippen LogP contribution in [0, 0.1) is 0 Å². The summed E-state index contributed by atoms with van der Waals surface area (Å²) in [6.45, 7) is 4.05. The number of aliphatic hydroxyl groups is 1. The van der Waals surface area contributed by atoms with Gasteiger partial charge >= 0.3 is 6.16 Å². The van der Waals surface area contributed by atoms with Gasteiger partial charge in [0, 0.05) is 42.9 Å². The van der Waals surface area contributed by atoms with Gasteiger partial charge in [0.05, 0.1) is 6.10 Å². The number of carboxylic acid groups (broad SMARTS) is 1. The van der Waals surface area contributed by atoms with Gasteiger partial charge in [-0.2, -0.15) is 4.98 Å². The fraction of sp³-hybridized carbons (Fsp3) is 0.333. The lowest BCUT2D eigenvalue weighted by atomic mass is 10.0. The lowest BCUT2D eigenvalue weighted by Gasteiger charge is -2.33. The maximum Gasteiger partial charge on any atom is 0.507 e. The molecule has 0 amide bonds. The van der Waals surface area contributed by atoms with Crippen LogP contribution in [-0.4, -0.2) is 69.0 Å². The van der Waals surface area contributed by atoms with E-state index in [1.165, 1.54) is 0 Å². The smallest absolute Gasteiger partial charge is 0.450 e. The summed E-state index contributed by atoms with van der Waals surface area (Å²) in [5.74, 6) is 1.39. The third kappa shape index (κ3) is 5.75. The van der Waals surface area contributed by atoms with E-state index < -0.39 is 18.5 Å². The van der Waals surface area contributed by atoms with Crippen LogP contribution in [0.25, 0.3) is 34.3 Å². The van der Waals surface area contributed by atoms with Crippen LogP contribution in [0.5, 0.6) is 0 Å². The minimum absolute atomic E-state index is 0.287. The molecular formula is C27H29N5O6. The lowest BCUT2D eigenvalue weighted by molar-refractivity contribution is -0.00783. The number of piperazine rings is 1. The Hall–Kier alpha value is -4.06. The summed E-state index contributed by atoms with van der Waals surface area (Å²) in [6, 6.07) is 17.1. The highest BCUT2D eigenvalue weighted by molar-refractivity contribution is 5.69. The van der Waals surface area contributed by atoms with Gasteiger partial charge in [-0.25, -0.2) is 4.79 Å². The summed E-state index contributed by atoms with van der Waals surface area (Å²) < 4.78 is 16.0. The van der Waals surface area contributed by atoms with Crippen LogP contribution in [0.2, 0.25) is 0 Å². The maximum absolute atomic E-state index is 10.8. The van der Waals surface area contributed by atoms with E-state index in [0.717, 1.165) is 35.1 Å². The molecule has 11 heteroatoms. The number of rotatable bonds is 9. The zero-order valence-corrected chi connectivity index (χ0v) is 20.9. The summed E-state index contributed by atoms with van der Waals surface area (Å²) in [5.41, 5.74) is 3.86. The van der Waals surface area contributed by atoms with Crippen molar-refractivity contribution in [2.45, 2.75) is 32.1 Å². The quantitative estimate of drug-likeness (QED) is 0.276. The maximum atomic E-state index is 10.8. The summed E-state index contributed by atoms with van der Waals surface area (Å²) in [5, 5.41) is 31.0. The molecule has 0 spiro atoms. The highest BCUT2D eigenvalue weighted by Crippen LogP contribution is 2.33. The lowest BCUT2D eigenvalue weighted by Crippen LogP contribution is -2.53. The molecule has 0 radical (unpaired) electrons. The molecule has 2 unspecified atom stereocenters. The molecule has 1 fully saturated rings. The van der Waals surface area contributed by atoms with Crippen molar-refractivity contribution in [3.63, 3.8) is 0 Å². The van der Waals surface area contributed by atoms with Crippen LogP contribution in [0.1, 0.15) is 30.6 Å². The molecule has 3 N–H and O–H groups in total. The molecule has 0 aliphatic carbocycles. The molecule has 38 heavy (non-hydrogen) atoms. The van der Waals surface area contributed by atoms with Crippen LogP contribution in [-0.2, 0) is 11.2 Å². The zero-order chi connectivity index (χ0) is 26.5. The average Bonchev–Trinajstić information content (AvgIpc) is 3.57. The number of benzene rings is 2. The molecule has 1 saturated heterocycles. The second-order valence-corrected chi connectivity index (χ2v) is 9.10. The number of nitrogens with zero attached hydrogens (tertiary/aromatic N) is 4. The van der Waals surface area contributed by atoms with Crippen molar-refractivity contribution in [2.24, 2.45) is 0 Å². The van der Waals surface area contributed by atoms with Gasteiger partial charge in [-0.05, 0) is 12.0 Å². The minimum atomic E-state index is -1.33. The summed E-state index contributed by atoms with van der Waals surface area (Å²) >= 11 is 0. The average molecular weight is 520 g/mol. The highest BCUT2D eigenvalue weighted by atomic mass is 16.7. The number of hydrogen-bond donors (Lipinski definition) is 3. The van der Waals surface area contributed by atoms with Crippen molar-refractivity contribution in [1.82, 2.24) is 25.5 Å². The number of β-amino-alcohol motifs (C(OH)–C–C–N with tert-alkyl or cyclic N) is 1. The molecule has 5 rings (SSSR count). The van der Waals surface area contributed by atoms with Crippen molar-refractivity contribution < 1.29 is 28.8 Å². The summed E-state index contributed by atoms with van der Waals surface area (Å²) in [6.07, 6.45) is -1.04. The van der Waals surface area contributed by atoms with E-state index in [4.69, 9.17) is 18.9 Å². The SMILES string of the molecule is CCCc1c(-c2nc(-c3ccc(C(O)CN4CCNC(OC(=O)O)C4)cc3)no2)noc1-c1ccccc1. The van der Waals surface area contributed by atoms with Crippen LogP contribution < -0.4 is 5.32 Å².